The molecule has 1 fully saturated rings. The highest BCUT2D eigenvalue weighted by Gasteiger charge is 2.35. The molecule has 0 saturated carbocycles. The van der Waals surface area contributed by atoms with Gasteiger partial charge in [-0.3, -0.25) is 19.0 Å². The molecule has 0 radical (unpaired) electrons. The first-order valence-electron chi connectivity index (χ1n) is 13.5. The van der Waals surface area contributed by atoms with E-state index in [-0.39, 0.29) is 22.8 Å². The minimum atomic E-state index is -0.601. The van der Waals surface area contributed by atoms with Crippen LogP contribution in [0.3, 0.4) is 0 Å². The van der Waals surface area contributed by atoms with Crippen molar-refractivity contribution < 1.29 is 14.3 Å². The van der Waals surface area contributed by atoms with Crippen molar-refractivity contribution in [1.82, 2.24) is 34.4 Å². The van der Waals surface area contributed by atoms with Crippen LogP contribution < -0.4 is 25.8 Å². The maximum Gasteiger partial charge on any atom is 0.279 e. The molecule has 1 atom stereocenters. The molecule has 43 heavy (non-hydrogen) atoms. The number of anilines is 3. The van der Waals surface area contributed by atoms with Gasteiger partial charge in [-0.05, 0) is 42.0 Å². The molecule has 1 aromatic carbocycles. The van der Waals surface area contributed by atoms with Gasteiger partial charge in [-0.25, -0.2) is 14.5 Å². The van der Waals surface area contributed by atoms with Crippen LogP contribution in [0.15, 0.2) is 84.0 Å². The average Bonchev–Trinajstić information content (AvgIpc) is 3.46. The molecule has 13 heteroatoms. The lowest BCUT2D eigenvalue weighted by Gasteiger charge is -2.35. The van der Waals surface area contributed by atoms with Crippen LogP contribution in [-0.4, -0.2) is 74.7 Å². The Labute approximate surface area is 246 Å². The number of nitrogens with one attached hydrogen (secondary N) is 2. The molecule has 6 rings (SSSR count). The van der Waals surface area contributed by atoms with Crippen molar-refractivity contribution in [3.63, 3.8) is 0 Å². The number of hydrogen-bond donors (Lipinski definition) is 2. The Balaban J connectivity index is 1.38. The van der Waals surface area contributed by atoms with Gasteiger partial charge < -0.3 is 25.2 Å². The van der Waals surface area contributed by atoms with Crippen LogP contribution in [0.25, 0.3) is 11.5 Å². The zero-order valence-electron chi connectivity index (χ0n) is 23.8. The SMILES string of the molecule is COc1ccc(CN(C)c2cc(Nc3cccn(-c4ccccn4)c3=O)nn3c(C(=O)N[C@@H]4CN(C)C4=O)cnc23)cc1. The van der Waals surface area contributed by atoms with Crippen LogP contribution in [0.2, 0.25) is 0 Å². The van der Waals surface area contributed by atoms with Gasteiger partial charge in [0.25, 0.3) is 11.5 Å². The Morgan fingerprint density at radius 3 is 2.60 bits per heavy atom. The number of fused-ring (bicyclic) bond motifs is 1. The van der Waals surface area contributed by atoms with Gasteiger partial charge in [0.15, 0.2) is 17.2 Å². The number of nitrogens with zero attached hydrogens (tertiary/aromatic N) is 7. The molecule has 1 aliphatic rings. The predicted molar refractivity (Wildman–Crippen MR) is 160 cm³/mol. The zero-order valence-corrected chi connectivity index (χ0v) is 23.8. The summed E-state index contributed by atoms with van der Waals surface area (Å²) in [6.07, 6.45) is 4.68. The van der Waals surface area contributed by atoms with E-state index in [0.717, 1.165) is 11.3 Å². The summed E-state index contributed by atoms with van der Waals surface area (Å²) in [5.74, 6) is 0.898. The number of likely N-dealkylation sites (tertiary alicyclic amines) is 1. The number of β-lactam (4-membered cyclic amide) rings is 1. The Morgan fingerprint density at radius 1 is 1.09 bits per heavy atom. The second-order valence-corrected chi connectivity index (χ2v) is 10.2. The number of benzene rings is 1. The average molecular weight is 580 g/mol. The summed E-state index contributed by atoms with van der Waals surface area (Å²) >= 11 is 0. The van der Waals surface area contributed by atoms with E-state index in [2.05, 4.69) is 25.7 Å². The van der Waals surface area contributed by atoms with Gasteiger partial charge in [0, 0.05) is 45.6 Å². The van der Waals surface area contributed by atoms with Gasteiger partial charge in [-0.2, -0.15) is 0 Å². The lowest BCUT2D eigenvalue weighted by Crippen LogP contribution is -2.62. The fourth-order valence-corrected chi connectivity index (χ4v) is 4.88. The fraction of sp³-hybridized carbons (Fsp3) is 0.200. The van der Waals surface area contributed by atoms with Crippen LogP contribution in [-0.2, 0) is 11.3 Å². The molecular formula is C30H29N9O4. The number of likely N-dealkylation sites (N-methyl/N-ethyl adjacent to an activating group) is 1. The molecule has 5 heterocycles. The number of amides is 2. The molecule has 2 amide bonds. The fourth-order valence-electron chi connectivity index (χ4n) is 4.88. The van der Waals surface area contributed by atoms with E-state index in [1.54, 1.807) is 62.9 Å². The number of ether oxygens (including phenoxy) is 1. The standard InChI is InChI=1S/C30H29N9O4/c1-36(17-19-9-11-20(43-3)12-10-19)23-15-25(33-21-7-6-14-38(30(21)42)26-8-4-5-13-31-26)35-39-24(16-32-27(23)39)28(40)34-22-18-37(2)29(22)41/h4-16,22H,17-18H2,1-3H3,(H,33,35)(H,34,40)/t22-/m1/s1. The summed E-state index contributed by atoms with van der Waals surface area (Å²) in [6.45, 7) is 0.937. The Morgan fingerprint density at radius 2 is 1.91 bits per heavy atom. The monoisotopic (exact) mass is 579 g/mol. The van der Waals surface area contributed by atoms with Gasteiger partial charge in [0.05, 0.1) is 19.0 Å². The maximum atomic E-state index is 13.4. The molecule has 0 bridgehead atoms. The summed E-state index contributed by atoms with van der Waals surface area (Å²) in [4.78, 5) is 51.0. The summed E-state index contributed by atoms with van der Waals surface area (Å²) in [6, 6.07) is 17.6. The third-order valence-corrected chi connectivity index (χ3v) is 7.21. The lowest BCUT2D eigenvalue weighted by atomic mass is 10.1. The molecule has 218 valence electrons. The van der Waals surface area contributed by atoms with Gasteiger partial charge >= 0.3 is 0 Å². The first kappa shape index (κ1) is 27.4. The predicted octanol–water partition coefficient (Wildman–Crippen LogP) is 2.23. The minimum Gasteiger partial charge on any atom is -0.497 e. The van der Waals surface area contributed by atoms with Crippen LogP contribution in [0.5, 0.6) is 5.75 Å². The molecule has 1 saturated heterocycles. The highest BCUT2D eigenvalue weighted by atomic mass is 16.5. The van der Waals surface area contributed by atoms with E-state index in [0.29, 0.717) is 36.1 Å². The topological polar surface area (TPSA) is 139 Å². The van der Waals surface area contributed by atoms with Crippen molar-refractivity contribution in [3.05, 3.63) is 101 Å². The number of methoxy groups -OCH3 is 1. The number of carbonyl (C=O) groups is 2. The highest BCUT2D eigenvalue weighted by molar-refractivity contribution is 5.99. The van der Waals surface area contributed by atoms with Crippen molar-refractivity contribution in [1.29, 1.82) is 0 Å². The van der Waals surface area contributed by atoms with Crippen LogP contribution in [0, 0.1) is 0 Å². The number of pyridine rings is 2. The molecule has 5 aromatic rings. The van der Waals surface area contributed by atoms with E-state index >= 15 is 0 Å². The number of aromatic nitrogens is 5. The summed E-state index contributed by atoms with van der Waals surface area (Å²) in [7, 11) is 5.19. The third kappa shape index (κ3) is 5.35. The van der Waals surface area contributed by atoms with Crippen LogP contribution in [0.4, 0.5) is 17.2 Å². The van der Waals surface area contributed by atoms with Crippen molar-refractivity contribution >= 4 is 34.7 Å². The summed E-state index contributed by atoms with van der Waals surface area (Å²) in [5.41, 5.74) is 2.20. The van der Waals surface area contributed by atoms with Gasteiger partial charge in [0.1, 0.15) is 23.3 Å². The van der Waals surface area contributed by atoms with Crippen LogP contribution >= 0.6 is 0 Å². The van der Waals surface area contributed by atoms with Gasteiger partial charge in [-0.1, -0.05) is 18.2 Å². The second-order valence-electron chi connectivity index (χ2n) is 10.2. The molecular weight excluding hydrogens is 550 g/mol. The smallest absolute Gasteiger partial charge is 0.279 e. The molecule has 0 unspecified atom stereocenters. The van der Waals surface area contributed by atoms with Crippen molar-refractivity contribution in [3.8, 4) is 11.6 Å². The number of carbonyl (C=O) groups excluding carboxylic acids is 2. The third-order valence-electron chi connectivity index (χ3n) is 7.21. The summed E-state index contributed by atoms with van der Waals surface area (Å²) in [5, 5.41) is 10.5. The zero-order chi connectivity index (χ0) is 30.1. The highest BCUT2D eigenvalue weighted by Crippen LogP contribution is 2.27. The second kappa shape index (κ2) is 11.3. The van der Waals surface area contributed by atoms with E-state index in [1.807, 2.05) is 36.2 Å². The van der Waals surface area contributed by atoms with Gasteiger partial charge in [0.2, 0.25) is 5.91 Å². The maximum absolute atomic E-state index is 13.4. The minimum absolute atomic E-state index is 0.152. The number of rotatable bonds is 9. The molecule has 1 aliphatic heterocycles. The molecule has 0 spiro atoms. The van der Waals surface area contributed by atoms with E-state index < -0.39 is 11.9 Å². The Kier molecular flexibility index (Phi) is 7.20. The van der Waals surface area contributed by atoms with E-state index in [4.69, 9.17) is 4.74 Å². The van der Waals surface area contributed by atoms with Gasteiger partial charge in [-0.15, -0.1) is 5.10 Å². The first-order valence-corrected chi connectivity index (χ1v) is 13.5. The van der Waals surface area contributed by atoms with Crippen LogP contribution in [0.1, 0.15) is 16.1 Å². The van der Waals surface area contributed by atoms with E-state index in [1.165, 1.54) is 20.2 Å². The number of imidazole rings is 1. The molecule has 0 aliphatic carbocycles. The normalized spacial score (nSPS) is 14.3. The first-order chi connectivity index (χ1) is 20.8. The molecule has 4 aromatic heterocycles. The van der Waals surface area contributed by atoms with Crippen molar-refractivity contribution in [2.45, 2.75) is 12.6 Å². The largest absolute Gasteiger partial charge is 0.497 e. The molecule has 13 nitrogen and oxygen atoms in total. The lowest BCUT2D eigenvalue weighted by molar-refractivity contribution is -0.141. The van der Waals surface area contributed by atoms with Crippen molar-refractivity contribution in [2.24, 2.45) is 0 Å². The summed E-state index contributed by atoms with van der Waals surface area (Å²) < 4.78 is 8.13. The van der Waals surface area contributed by atoms with Crippen molar-refractivity contribution in [2.75, 3.05) is 38.0 Å². The quantitative estimate of drug-likeness (QED) is 0.252. The Bertz CT molecular complexity index is 1870. The molecule has 2 N–H and O–H groups in total. The Hall–Kier alpha value is -5.72. The number of hydrogen-bond acceptors (Lipinski definition) is 9. The van der Waals surface area contributed by atoms with E-state index in [9.17, 15) is 14.4 Å².